The van der Waals surface area contributed by atoms with Crippen molar-refractivity contribution in [3.8, 4) is 0 Å². The van der Waals surface area contributed by atoms with E-state index in [4.69, 9.17) is 4.74 Å². The van der Waals surface area contributed by atoms with E-state index in [-0.39, 0.29) is 6.04 Å². The Labute approximate surface area is 123 Å². The van der Waals surface area contributed by atoms with Gasteiger partial charge in [0.1, 0.15) is 0 Å². The Morgan fingerprint density at radius 1 is 1.19 bits per heavy atom. The number of benzene rings is 1. The highest BCUT2D eigenvalue weighted by Gasteiger charge is 2.10. The van der Waals surface area contributed by atoms with Gasteiger partial charge in [0, 0.05) is 12.1 Å². The molecule has 0 saturated heterocycles. The third kappa shape index (κ3) is 7.51. The van der Waals surface area contributed by atoms with Crippen LogP contribution in [0.25, 0.3) is 6.08 Å². The first-order valence-electron chi connectivity index (χ1n) is 6.47. The molecule has 2 N–H and O–H groups in total. The summed E-state index contributed by atoms with van der Waals surface area (Å²) in [6, 6.07) is 8.49. The van der Waals surface area contributed by atoms with Gasteiger partial charge in [0.25, 0.3) is 5.91 Å². The van der Waals surface area contributed by atoms with Crippen LogP contribution >= 0.6 is 0 Å². The molecule has 0 aliphatic heterocycles. The van der Waals surface area contributed by atoms with E-state index in [0.29, 0.717) is 0 Å². The minimum atomic E-state index is -0.686. The summed E-state index contributed by atoms with van der Waals surface area (Å²) in [5, 5.41) is 4.53. The Balaban J connectivity index is 2.31. The molecular weight excluding hydrogens is 272 g/mol. The topological polar surface area (TPSA) is 84.5 Å². The van der Waals surface area contributed by atoms with Crippen LogP contribution < -0.4 is 10.6 Å². The largest absolute Gasteiger partial charge is 0.452 e. The predicted octanol–water partition coefficient (Wildman–Crippen LogP) is 1.48. The third-order valence-electron chi connectivity index (χ3n) is 2.23. The van der Waals surface area contributed by atoms with Crippen LogP contribution in [0.15, 0.2) is 36.4 Å². The smallest absolute Gasteiger partial charge is 0.331 e. The van der Waals surface area contributed by atoms with Crippen LogP contribution in [-0.2, 0) is 14.3 Å². The van der Waals surface area contributed by atoms with Gasteiger partial charge in [-0.1, -0.05) is 30.3 Å². The van der Waals surface area contributed by atoms with E-state index >= 15 is 0 Å². The van der Waals surface area contributed by atoms with Gasteiger partial charge >= 0.3 is 12.0 Å². The Bertz CT molecular complexity index is 524. The summed E-state index contributed by atoms with van der Waals surface area (Å²) < 4.78 is 4.71. The van der Waals surface area contributed by atoms with Gasteiger partial charge in [0.05, 0.1) is 0 Å². The summed E-state index contributed by atoms with van der Waals surface area (Å²) in [7, 11) is 0. The van der Waals surface area contributed by atoms with Crippen molar-refractivity contribution in [2.75, 3.05) is 6.61 Å². The number of amides is 3. The molecule has 112 valence electrons. The molecule has 0 spiro atoms. The van der Waals surface area contributed by atoms with Crippen LogP contribution in [0.3, 0.4) is 0 Å². The van der Waals surface area contributed by atoms with Crippen molar-refractivity contribution in [2.45, 2.75) is 19.9 Å². The zero-order valence-electron chi connectivity index (χ0n) is 12.0. The number of rotatable bonds is 5. The number of imide groups is 1. The molecule has 6 heteroatoms. The molecule has 1 aromatic rings. The normalized spacial score (nSPS) is 10.4. The molecule has 0 saturated carbocycles. The molecule has 1 rings (SSSR count). The molecule has 0 aliphatic carbocycles. The molecule has 0 atom stereocenters. The number of hydrogen-bond acceptors (Lipinski definition) is 4. The second kappa shape index (κ2) is 8.52. The van der Waals surface area contributed by atoms with Gasteiger partial charge in [-0.2, -0.15) is 0 Å². The fraction of sp³-hybridized carbons (Fsp3) is 0.267. The molecule has 0 aromatic heterocycles. The van der Waals surface area contributed by atoms with Gasteiger partial charge in [-0.25, -0.2) is 9.59 Å². The van der Waals surface area contributed by atoms with Gasteiger partial charge < -0.3 is 10.1 Å². The van der Waals surface area contributed by atoms with E-state index in [2.05, 4.69) is 10.6 Å². The highest BCUT2D eigenvalue weighted by Crippen LogP contribution is 2.00. The lowest BCUT2D eigenvalue weighted by Crippen LogP contribution is -2.43. The fourth-order valence-corrected chi connectivity index (χ4v) is 1.37. The summed E-state index contributed by atoms with van der Waals surface area (Å²) in [4.78, 5) is 34.0. The minimum Gasteiger partial charge on any atom is -0.452 e. The highest BCUT2D eigenvalue weighted by molar-refractivity contribution is 5.96. The van der Waals surface area contributed by atoms with Gasteiger partial charge in [0.2, 0.25) is 0 Å². The van der Waals surface area contributed by atoms with Crippen LogP contribution in [0.4, 0.5) is 4.79 Å². The molecule has 0 aliphatic rings. The first-order valence-corrected chi connectivity index (χ1v) is 6.47. The fourth-order valence-electron chi connectivity index (χ4n) is 1.37. The third-order valence-corrected chi connectivity index (χ3v) is 2.23. The Morgan fingerprint density at radius 2 is 1.86 bits per heavy atom. The second-order valence-electron chi connectivity index (χ2n) is 4.53. The lowest BCUT2D eigenvalue weighted by molar-refractivity contribution is -0.143. The molecule has 1 aromatic carbocycles. The molecule has 6 nitrogen and oxygen atoms in total. The van der Waals surface area contributed by atoms with Crippen molar-refractivity contribution in [1.82, 2.24) is 10.6 Å². The predicted molar refractivity (Wildman–Crippen MR) is 78.2 cm³/mol. The Hall–Kier alpha value is -2.63. The quantitative estimate of drug-likeness (QED) is 0.635. The lowest BCUT2D eigenvalue weighted by atomic mass is 10.2. The van der Waals surface area contributed by atoms with Gasteiger partial charge in [-0.3, -0.25) is 10.1 Å². The van der Waals surface area contributed by atoms with Crippen molar-refractivity contribution < 1.29 is 19.1 Å². The molecule has 0 radical (unpaired) electrons. The zero-order chi connectivity index (χ0) is 15.7. The highest BCUT2D eigenvalue weighted by atomic mass is 16.5. The molecule has 0 unspecified atom stereocenters. The summed E-state index contributed by atoms with van der Waals surface area (Å²) >= 11 is 0. The number of nitrogens with one attached hydrogen (secondary N) is 2. The van der Waals surface area contributed by atoms with Crippen LogP contribution in [0, 0.1) is 0 Å². The van der Waals surface area contributed by atoms with E-state index in [9.17, 15) is 14.4 Å². The molecule has 0 heterocycles. The molecule has 0 bridgehead atoms. The van der Waals surface area contributed by atoms with Crippen LogP contribution in [0.5, 0.6) is 0 Å². The molecule has 0 fully saturated rings. The van der Waals surface area contributed by atoms with Crippen LogP contribution in [-0.4, -0.2) is 30.6 Å². The van der Waals surface area contributed by atoms with Crippen molar-refractivity contribution in [1.29, 1.82) is 0 Å². The lowest BCUT2D eigenvalue weighted by Gasteiger charge is -2.08. The van der Waals surface area contributed by atoms with Crippen molar-refractivity contribution in [3.05, 3.63) is 42.0 Å². The Kier molecular flexibility index (Phi) is 6.67. The average molecular weight is 290 g/mol. The maximum Gasteiger partial charge on any atom is 0.331 e. The van der Waals surface area contributed by atoms with Crippen molar-refractivity contribution >= 4 is 24.0 Å². The standard InChI is InChI=1S/C15H18N2O4/c1-11(2)16-15(20)17-13(18)10-21-14(19)9-8-12-6-4-3-5-7-12/h3-9,11H,10H2,1-2H3,(H2,16,17,18,20). The van der Waals surface area contributed by atoms with Gasteiger partial charge in [-0.05, 0) is 25.5 Å². The molecule has 3 amide bonds. The van der Waals surface area contributed by atoms with Crippen molar-refractivity contribution in [2.24, 2.45) is 0 Å². The van der Waals surface area contributed by atoms with E-state index in [1.54, 1.807) is 19.9 Å². The zero-order valence-corrected chi connectivity index (χ0v) is 12.0. The SMILES string of the molecule is CC(C)NC(=O)NC(=O)COC(=O)C=Cc1ccccc1. The molecular formula is C15H18N2O4. The van der Waals surface area contributed by atoms with E-state index in [1.807, 2.05) is 30.3 Å². The second-order valence-corrected chi connectivity index (χ2v) is 4.53. The number of esters is 1. The molecule has 21 heavy (non-hydrogen) atoms. The van der Waals surface area contributed by atoms with Crippen molar-refractivity contribution in [3.63, 3.8) is 0 Å². The summed E-state index contributed by atoms with van der Waals surface area (Å²) in [6.07, 6.45) is 2.79. The number of urea groups is 1. The first-order chi connectivity index (χ1) is 9.97. The maximum absolute atomic E-state index is 11.4. The number of hydrogen-bond donors (Lipinski definition) is 2. The van der Waals surface area contributed by atoms with E-state index in [0.717, 1.165) is 5.56 Å². The van der Waals surface area contributed by atoms with Crippen LogP contribution in [0.2, 0.25) is 0 Å². The average Bonchev–Trinajstić information content (AvgIpc) is 2.43. The monoisotopic (exact) mass is 290 g/mol. The minimum absolute atomic E-state index is 0.0887. The van der Waals surface area contributed by atoms with Gasteiger partial charge in [0.15, 0.2) is 6.61 Å². The maximum atomic E-state index is 11.4. The van der Waals surface area contributed by atoms with Crippen LogP contribution in [0.1, 0.15) is 19.4 Å². The van der Waals surface area contributed by atoms with E-state index in [1.165, 1.54) is 6.08 Å². The van der Waals surface area contributed by atoms with Gasteiger partial charge in [-0.15, -0.1) is 0 Å². The van der Waals surface area contributed by atoms with E-state index < -0.39 is 24.5 Å². The first kappa shape index (κ1) is 16.4. The Morgan fingerprint density at radius 3 is 2.48 bits per heavy atom. The summed E-state index contributed by atoms with van der Waals surface area (Å²) in [5.74, 6) is -1.34. The summed E-state index contributed by atoms with van der Waals surface area (Å²) in [6.45, 7) is 3.01. The number of carbonyl (C=O) groups is 3. The number of ether oxygens (including phenoxy) is 1. The number of carbonyl (C=O) groups excluding carboxylic acids is 3. The summed E-state index contributed by atoms with van der Waals surface area (Å²) in [5.41, 5.74) is 0.843.